The van der Waals surface area contributed by atoms with Crippen LogP contribution in [0, 0.1) is 12.8 Å². The van der Waals surface area contributed by atoms with Gasteiger partial charge in [-0.3, -0.25) is 18.9 Å². The number of fused-ring (bicyclic) bond motifs is 1. The number of nitrogens with one attached hydrogen (secondary N) is 1. The summed E-state index contributed by atoms with van der Waals surface area (Å²) in [7, 11) is 0. The third-order valence-electron chi connectivity index (χ3n) is 7.67. The van der Waals surface area contributed by atoms with Crippen LogP contribution in [-0.2, 0) is 6.54 Å². The maximum Gasteiger partial charge on any atom is 0.333 e. The number of amides is 1. The molecule has 0 unspecified atom stereocenters. The number of aromatic nitrogens is 5. The number of carbonyl (C=O) groups is 1. The molecule has 6 rings (SSSR count). The standard InChI is InChI=1S/C30H29ClN6O2/c1-20-26(16-22(31)17-33-20)29(38)34-23-8-6-21(7-9-23)18-36-27-4-2-3-5-28(27)37(30(36)39)25-12-10-24(11-13-25)35-15-14-32-19-35/h2-5,10-17,19,21,23H,6-9,18H2,1H3,(H,34,38). The molecule has 2 aromatic carbocycles. The Hall–Kier alpha value is -4.17. The van der Waals surface area contributed by atoms with Crippen LogP contribution in [0.5, 0.6) is 0 Å². The van der Waals surface area contributed by atoms with Crippen molar-refractivity contribution in [1.82, 2.24) is 29.0 Å². The minimum absolute atomic E-state index is 0.0362. The predicted molar refractivity (Wildman–Crippen MR) is 152 cm³/mol. The summed E-state index contributed by atoms with van der Waals surface area (Å²) < 4.78 is 5.63. The SMILES string of the molecule is Cc1ncc(Cl)cc1C(=O)NC1CCC(Cn2c(=O)n(-c3ccc(-n4ccnc4)cc3)c3ccccc32)CC1. The van der Waals surface area contributed by atoms with Crippen LogP contribution in [0.25, 0.3) is 22.4 Å². The molecule has 0 aliphatic heterocycles. The van der Waals surface area contributed by atoms with Gasteiger partial charge in [0.15, 0.2) is 0 Å². The first-order chi connectivity index (χ1) is 19.0. The Morgan fingerprint density at radius 1 is 1.03 bits per heavy atom. The highest BCUT2D eigenvalue weighted by Crippen LogP contribution is 2.28. The van der Waals surface area contributed by atoms with E-state index in [-0.39, 0.29) is 17.6 Å². The Balaban J connectivity index is 1.18. The molecule has 198 valence electrons. The zero-order chi connectivity index (χ0) is 26.9. The summed E-state index contributed by atoms with van der Waals surface area (Å²) in [5.74, 6) is 0.220. The zero-order valence-electron chi connectivity index (χ0n) is 21.6. The first-order valence-corrected chi connectivity index (χ1v) is 13.6. The van der Waals surface area contributed by atoms with Gasteiger partial charge in [0.2, 0.25) is 0 Å². The van der Waals surface area contributed by atoms with Crippen molar-refractivity contribution >= 4 is 28.5 Å². The van der Waals surface area contributed by atoms with Crippen molar-refractivity contribution in [2.45, 2.75) is 45.2 Å². The lowest BCUT2D eigenvalue weighted by Crippen LogP contribution is -2.39. The van der Waals surface area contributed by atoms with Crippen molar-refractivity contribution < 1.29 is 4.79 Å². The van der Waals surface area contributed by atoms with Crippen LogP contribution < -0.4 is 11.0 Å². The molecule has 1 amide bonds. The van der Waals surface area contributed by atoms with E-state index >= 15 is 0 Å². The molecule has 39 heavy (non-hydrogen) atoms. The Morgan fingerprint density at radius 2 is 1.74 bits per heavy atom. The van der Waals surface area contributed by atoms with Gasteiger partial charge in [-0.15, -0.1) is 0 Å². The highest BCUT2D eigenvalue weighted by atomic mass is 35.5. The number of halogens is 1. The van der Waals surface area contributed by atoms with Crippen LogP contribution in [-0.4, -0.2) is 35.6 Å². The van der Waals surface area contributed by atoms with Gasteiger partial charge < -0.3 is 9.88 Å². The quantitative estimate of drug-likeness (QED) is 0.316. The fraction of sp³-hybridized carbons (Fsp3) is 0.267. The average molecular weight is 541 g/mol. The molecule has 3 heterocycles. The van der Waals surface area contributed by atoms with Crippen LogP contribution in [0.2, 0.25) is 5.02 Å². The van der Waals surface area contributed by atoms with E-state index in [1.54, 1.807) is 29.4 Å². The molecule has 8 nitrogen and oxygen atoms in total. The molecule has 1 aliphatic carbocycles. The number of nitrogens with zero attached hydrogens (tertiary/aromatic N) is 5. The molecule has 0 radical (unpaired) electrons. The van der Waals surface area contributed by atoms with Crippen LogP contribution in [0.1, 0.15) is 41.7 Å². The maximum absolute atomic E-state index is 13.7. The summed E-state index contributed by atoms with van der Waals surface area (Å²) in [5, 5.41) is 3.61. The lowest BCUT2D eigenvalue weighted by Gasteiger charge is -2.29. The molecule has 1 aliphatic rings. The number of benzene rings is 2. The number of rotatable bonds is 6. The van der Waals surface area contributed by atoms with Gasteiger partial charge in [-0.25, -0.2) is 9.78 Å². The van der Waals surface area contributed by atoms with Gasteiger partial charge in [0.25, 0.3) is 5.91 Å². The summed E-state index contributed by atoms with van der Waals surface area (Å²) in [6, 6.07) is 17.6. The van der Waals surface area contributed by atoms with Crippen molar-refractivity contribution in [1.29, 1.82) is 0 Å². The highest BCUT2D eigenvalue weighted by Gasteiger charge is 2.25. The minimum Gasteiger partial charge on any atom is -0.349 e. The largest absolute Gasteiger partial charge is 0.349 e. The predicted octanol–water partition coefficient (Wildman–Crippen LogP) is 5.32. The normalized spacial score (nSPS) is 17.4. The number of aryl methyl sites for hydroxylation is 1. The molecule has 1 fully saturated rings. The van der Waals surface area contributed by atoms with Gasteiger partial charge in [-0.2, -0.15) is 0 Å². The second kappa shape index (κ2) is 10.5. The van der Waals surface area contributed by atoms with Crippen LogP contribution >= 0.6 is 11.6 Å². The van der Waals surface area contributed by atoms with Gasteiger partial charge in [0.05, 0.1) is 39.3 Å². The lowest BCUT2D eigenvalue weighted by atomic mass is 9.85. The van der Waals surface area contributed by atoms with E-state index in [2.05, 4.69) is 15.3 Å². The first-order valence-electron chi connectivity index (χ1n) is 13.2. The third-order valence-corrected chi connectivity index (χ3v) is 7.87. The zero-order valence-corrected chi connectivity index (χ0v) is 22.4. The fourth-order valence-corrected chi connectivity index (χ4v) is 5.73. The molecule has 0 saturated heterocycles. The molecule has 5 aromatic rings. The molecule has 0 atom stereocenters. The van der Waals surface area contributed by atoms with E-state index in [0.29, 0.717) is 28.7 Å². The lowest BCUT2D eigenvalue weighted by molar-refractivity contribution is 0.0919. The Bertz CT molecular complexity index is 1680. The summed E-state index contributed by atoms with van der Waals surface area (Å²) in [4.78, 5) is 34.9. The Labute approximate surface area is 230 Å². The van der Waals surface area contributed by atoms with Crippen LogP contribution in [0.3, 0.4) is 0 Å². The monoisotopic (exact) mass is 540 g/mol. The smallest absolute Gasteiger partial charge is 0.333 e. The second-order valence-corrected chi connectivity index (χ2v) is 10.6. The van der Waals surface area contributed by atoms with Gasteiger partial charge in [-0.1, -0.05) is 23.7 Å². The van der Waals surface area contributed by atoms with Gasteiger partial charge in [0, 0.05) is 36.9 Å². The number of imidazole rings is 2. The average Bonchev–Trinajstić information content (AvgIpc) is 3.58. The van der Waals surface area contributed by atoms with Crippen molar-refractivity contribution in [2.24, 2.45) is 5.92 Å². The van der Waals surface area contributed by atoms with Gasteiger partial charge in [0.1, 0.15) is 0 Å². The Morgan fingerprint density at radius 3 is 2.46 bits per heavy atom. The third kappa shape index (κ3) is 5.00. The number of carbonyl (C=O) groups excluding carboxylic acids is 1. The van der Waals surface area contributed by atoms with Crippen molar-refractivity contribution in [2.75, 3.05) is 0 Å². The molecule has 1 saturated carbocycles. The van der Waals surface area contributed by atoms with E-state index in [4.69, 9.17) is 11.6 Å². The number of para-hydroxylation sites is 2. The van der Waals surface area contributed by atoms with E-state index < -0.39 is 0 Å². The number of pyridine rings is 1. The highest BCUT2D eigenvalue weighted by molar-refractivity contribution is 6.30. The van der Waals surface area contributed by atoms with E-state index in [1.807, 2.05) is 70.8 Å². The van der Waals surface area contributed by atoms with Crippen molar-refractivity contribution in [3.8, 4) is 11.4 Å². The van der Waals surface area contributed by atoms with Crippen LogP contribution in [0.4, 0.5) is 0 Å². The minimum atomic E-state index is -0.135. The number of hydrogen-bond donors (Lipinski definition) is 1. The summed E-state index contributed by atoms with van der Waals surface area (Å²) in [5.41, 5.74) is 4.78. The van der Waals surface area contributed by atoms with Gasteiger partial charge >= 0.3 is 5.69 Å². The number of hydrogen-bond acceptors (Lipinski definition) is 4. The maximum atomic E-state index is 13.7. The van der Waals surface area contributed by atoms with Crippen molar-refractivity contribution in [3.05, 3.63) is 106 Å². The van der Waals surface area contributed by atoms with Crippen molar-refractivity contribution in [3.63, 3.8) is 0 Å². The molecule has 1 N–H and O–H groups in total. The van der Waals surface area contributed by atoms with Crippen LogP contribution in [0.15, 0.2) is 84.3 Å². The Kier molecular flexibility index (Phi) is 6.79. The molecular weight excluding hydrogens is 512 g/mol. The molecular formula is C30H29ClN6O2. The summed E-state index contributed by atoms with van der Waals surface area (Å²) in [6.45, 7) is 2.46. The first kappa shape index (κ1) is 25.1. The van der Waals surface area contributed by atoms with Gasteiger partial charge in [-0.05, 0) is 81.0 Å². The fourth-order valence-electron chi connectivity index (χ4n) is 5.57. The molecule has 0 spiro atoms. The van der Waals surface area contributed by atoms with E-state index in [0.717, 1.165) is 48.1 Å². The second-order valence-electron chi connectivity index (χ2n) is 10.2. The molecule has 9 heteroatoms. The summed E-state index contributed by atoms with van der Waals surface area (Å²) >= 11 is 6.05. The molecule has 0 bridgehead atoms. The summed E-state index contributed by atoms with van der Waals surface area (Å²) in [6.07, 6.45) is 10.5. The van der Waals surface area contributed by atoms with E-state index in [1.165, 1.54) is 0 Å². The topological polar surface area (TPSA) is 86.7 Å². The molecule has 3 aromatic heterocycles. The van der Waals surface area contributed by atoms with E-state index in [9.17, 15) is 9.59 Å².